The SMILES string of the molecule is COc1cccc(/C=C/C(=O)OCC(=O)N2CCC[C@@H]3CCCC[C@@H]32)c1. The van der Waals surface area contributed by atoms with Crippen molar-refractivity contribution in [2.75, 3.05) is 20.3 Å². The van der Waals surface area contributed by atoms with Gasteiger partial charge in [0.15, 0.2) is 6.61 Å². The van der Waals surface area contributed by atoms with Gasteiger partial charge in [-0.05, 0) is 55.4 Å². The molecule has 0 bridgehead atoms. The number of piperidine rings is 1. The van der Waals surface area contributed by atoms with E-state index in [0.717, 1.165) is 30.7 Å². The lowest BCUT2D eigenvalue weighted by Gasteiger charge is -2.44. The van der Waals surface area contributed by atoms with Gasteiger partial charge in [-0.25, -0.2) is 4.79 Å². The molecule has 1 aliphatic carbocycles. The van der Waals surface area contributed by atoms with Crippen LogP contribution in [0.4, 0.5) is 0 Å². The monoisotopic (exact) mass is 357 g/mol. The van der Waals surface area contributed by atoms with E-state index in [-0.39, 0.29) is 12.5 Å². The van der Waals surface area contributed by atoms with Crippen LogP contribution < -0.4 is 4.74 Å². The minimum absolute atomic E-state index is 0.0651. The maximum atomic E-state index is 12.5. The quantitative estimate of drug-likeness (QED) is 0.598. The molecule has 0 spiro atoms. The summed E-state index contributed by atoms with van der Waals surface area (Å²) >= 11 is 0. The van der Waals surface area contributed by atoms with Gasteiger partial charge in [0.05, 0.1) is 7.11 Å². The third-order valence-electron chi connectivity index (χ3n) is 5.41. The van der Waals surface area contributed by atoms with Crippen LogP contribution in [0.1, 0.15) is 44.1 Å². The van der Waals surface area contributed by atoms with Gasteiger partial charge in [-0.1, -0.05) is 25.0 Å². The Morgan fingerprint density at radius 1 is 1.19 bits per heavy atom. The Morgan fingerprint density at radius 2 is 2.00 bits per heavy atom. The Morgan fingerprint density at radius 3 is 2.85 bits per heavy atom. The van der Waals surface area contributed by atoms with Crippen LogP contribution in [0, 0.1) is 5.92 Å². The lowest BCUT2D eigenvalue weighted by atomic mass is 9.78. The van der Waals surface area contributed by atoms with E-state index in [9.17, 15) is 9.59 Å². The van der Waals surface area contributed by atoms with Gasteiger partial charge in [0.25, 0.3) is 5.91 Å². The maximum absolute atomic E-state index is 12.5. The van der Waals surface area contributed by atoms with Gasteiger partial charge in [0.2, 0.25) is 0 Å². The number of likely N-dealkylation sites (tertiary alicyclic amines) is 1. The molecule has 1 heterocycles. The van der Waals surface area contributed by atoms with Crippen molar-refractivity contribution in [1.82, 2.24) is 4.90 Å². The van der Waals surface area contributed by atoms with E-state index < -0.39 is 5.97 Å². The number of fused-ring (bicyclic) bond motifs is 1. The van der Waals surface area contributed by atoms with Gasteiger partial charge in [-0.2, -0.15) is 0 Å². The molecule has 0 aromatic heterocycles. The summed E-state index contributed by atoms with van der Waals surface area (Å²) < 4.78 is 10.3. The average Bonchev–Trinajstić information content (AvgIpc) is 2.70. The molecule has 2 aliphatic rings. The molecule has 2 fully saturated rings. The Balaban J connectivity index is 1.50. The van der Waals surface area contributed by atoms with Gasteiger partial charge >= 0.3 is 5.97 Å². The van der Waals surface area contributed by atoms with E-state index in [4.69, 9.17) is 9.47 Å². The van der Waals surface area contributed by atoms with Gasteiger partial charge in [-0.15, -0.1) is 0 Å². The highest BCUT2D eigenvalue weighted by Crippen LogP contribution is 2.35. The van der Waals surface area contributed by atoms with Crippen molar-refractivity contribution in [3.63, 3.8) is 0 Å². The number of rotatable bonds is 5. The smallest absolute Gasteiger partial charge is 0.331 e. The first-order chi connectivity index (χ1) is 12.7. The Labute approximate surface area is 155 Å². The van der Waals surface area contributed by atoms with E-state index in [1.807, 2.05) is 29.2 Å². The zero-order valence-electron chi connectivity index (χ0n) is 15.4. The molecule has 0 radical (unpaired) electrons. The van der Waals surface area contributed by atoms with Crippen LogP contribution in [0.2, 0.25) is 0 Å². The number of benzene rings is 1. The van der Waals surface area contributed by atoms with Gasteiger partial charge < -0.3 is 14.4 Å². The van der Waals surface area contributed by atoms with Crippen LogP contribution in [0.25, 0.3) is 6.08 Å². The summed E-state index contributed by atoms with van der Waals surface area (Å²) in [4.78, 5) is 26.4. The van der Waals surface area contributed by atoms with Crippen LogP contribution >= 0.6 is 0 Å². The first-order valence-corrected chi connectivity index (χ1v) is 9.46. The highest BCUT2D eigenvalue weighted by Gasteiger charge is 2.35. The summed E-state index contributed by atoms with van der Waals surface area (Å²) in [6, 6.07) is 7.73. The highest BCUT2D eigenvalue weighted by molar-refractivity contribution is 5.89. The van der Waals surface area contributed by atoms with Crippen LogP contribution in [-0.4, -0.2) is 43.1 Å². The Bertz CT molecular complexity index is 668. The maximum Gasteiger partial charge on any atom is 0.331 e. The van der Waals surface area contributed by atoms with Crippen molar-refractivity contribution in [3.8, 4) is 5.75 Å². The molecule has 1 saturated carbocycles. The molecule has 0 N–H and O–H groups in total. The number of ether oxygens (including phenoxy) is 2. The van der Waals surface area contributed by atoms with Crippen molar-refractivity contribution >= 4 is 18.0 Å². The summed E-state index contributed by atoms with van der Waals surface area (Å²) in [5.41, 5.74) is 0.841. The fourth-order valence-electron chi connectivity index (χ4n) is 4.11. The molecule has 1 saturated heterocycles. The molecular weight excluding hydrogens is 330 g/mol. The molecule has 5 nitrogen and oxygen atoms in total. The first-order valence-electron chi connectivity index (χ1n) is 9.46. The van der Waals surface area contributed by atoms with E-state index in [1.165, 1.54) is 31.8 Å². The number of methoxy groups -OCH3 is 1. The molecular formula is C21H27NO4. The molecule has 0 unspecified atom stereocenters. The van der Waals surface area contributed by atoms with E-state index in [2.05, 4.69) is 0 Å². The first kappa shape index (κ1) is 18.5. The summed E-state index contributed by atoms with van der Waals surface area (Å²) in [6.07, 6.45) is 10.0. The summed E-state index contributed by atoms with van der Waals surface area (Å²) in [5.74, 6) is 0.788. The third kappa shape index (κ3) is 4.65. The lowest BCUT2D eigenvalue weighted by molar-refractivity contribution is -0.151. The van der Waals surface area contributed by atoms with E-state index in [0.29, 0.717) is 12.0 Å². The van der Waals surface area contributed by atoms with Crippen molar-refractivity contribution in [2.24, 2.45) is 5.92 Å². The second kappa shape index (κ2) is 8.88. The normalized spacial score (nSPS) is 22.7. The van der Waals surface area contributed by atoms with Crippen LogP contribution in [0.3, 0.4) is 0 Å². The molecule has 1 amide bonds. The Kier molecular flexibility index (Phi) is 6.31. The molecule has 3 rings (SSSR count). The van der Waals surface area contributed by atoms with Crippen molar-refractivity contribution in [2.45, 2.75) is 44.6 Å². The minimum Gasteiger partial charge on any atom is -0.497 e. The molecule has 26 heavy (non-hydrogen) atoms. The second-order valence-corrected chi connectivity index (χ2v) is 7.06. The van der Waals surface area contributed by atoms with Crippen LogP contribution in [-0.2, 0) is 14.3 Å². The van der Waals surface area contributed by atoms with Crippen molar-refractivity contribution in [3.05, 3.63) is 35.9 Å². The zero-order valence-corrected chi connectivity index (χ0v) is 15.4. The number of hydrogen-bond acceptors (Lipinski definition) is 4. The fourth-order valence-corrected chi connectivity index (χ4v) is 4.11. The fraction of sp³-hybridized carbons (Fsp3) is 0.524. The number of nitrogens with zero attached hydrogens (tertiary/aromatic N) is 1. The molecule has 2 atom stereocenters. The molecule has 1 aromatic carbocycles. The molecule has 5 heteroatoms. The molecule has 1 aliphatic heterocycles. The van der Waals surface area contributed by atoms with Crippen LogP contribution in [0.15, 0.2) is 30.3 Å². The van der Waals surface area contributed by atoms with E-state index >= 15 is 0 Å². The third-order valence-corrected chi connectivity index (χ3v) is 5.41. The minimum atomic E-state index is -0.502. The van der Waals surface area contributed by atoms with Gasteiger partial charge in [0, 0.05) is 18.7 Å². The lowest BCUT2D eigenvalue weighted by Crippen LogP contribution is -2.50. The highest BCUT2D eigenvalue weighted by atomic mass is 16.5. The predicted octanol–water partition coefficient (Wildman–Crippen LogP) is 3.43. The molecule has 1 aromatic rings. The standard InChI is InChI=1S/C21H27NO4/c1-25-18-9-4-6-16(14-18)11-12-21(24)26-15-20(23)22-13-5-8-17-7-2-3-10-19(17)22/h4,6,9,11-12,14,17,19H,2-3,5,7-8,10,13,15H2,1H3/b12-11+/t17-,19-/m0/s1. The zero-order chi connectivity index (χ0) is 18.4. The van der Waals surface area contributed by atoms with E-state index in [1.54, 1.807) is 13.2 Å². The van der Waals surface area contributed by atoms with Gasteiger partial charge in [0.1, 0.15) is 5.75 Å². The number of carbonyl (C=O) groups excluding carboxylic acids is 2. The summed E-state index contributed by atoms with van der Waals surface area (Å²) in [5, 5.41) is 0. The number of carbonyl (C=O) groups is 2. The molecule has 140 valence electrons. The summed E-state index contributed by atoms with van der Waals surface area (Å²) in [6.45, 7) is 0.613. The summed E-state index contributed by atoms with van der Waals surface area (Å²) in [7, 11) is 1.60. The van der Waals surface area contributed by atoms with Gasteiger partial charge in [-0.3, -0.25) is 4.79 Å². The number of amides is 1. The van der Waals surface area contributed by atoms with Crippen molar-refractivity contribution in [1.29, 1.82) is 0 Å². The predicted molar refractivity (Wildman–Crippen MR) is 99.7 cm³/mol. The number of esters is 1. The average molecular weight is 357 g/mol. The topological polar surface area (TPSA) is 55.8 Å². The Hall–Kier alpha value is -2.30. The van der Waals surface area contributed by atoms with Crippen molar-refractivity contribution < 1.29 is 19.1 Å². The largest absolute Gasteiger partial charge is 0.497 e. The van der Waals surface area contributed by atoms with Crippen LogP contribution in [0.5, 0.6) is 5.75 Å². The number of hydrogen-bond donors (Lipinski definition) is 0. The second-order valence-electron chi connectivity index (χ2n) is 7.06.